The highest BCUT2D eigenvalue weighted by Gasteiger charge is 2.41. The van der Waals surface area contributed by atoms with E-state index in [9.17, 15) is 19.8 Å². The molecule has 230 valence electrons. The summed E-state index contributed by atoms with van der Waals surface area (Å²) in [5.74, 6) is 1.42. The second kappa shape index (κ2) is 18.0. The molecule has 0 aromatic carbocycles. The minimum atomic E-state index is -0.528. The lowest BCUT2D eigenvalue weighted by Crippen LogP contribution is -2.41. The van der Waals surface area contributed by atoms with Crippen molar-refractivity contribution in [3.05, 3.63) is 24.3 Å². The van der Waals surface area contributed by atoms with Crippen molar-refractivity contribution < 1.29 is 29.3 Å². The number of unbranched alkanes of at least 4 members (excludes halogenated alkanes) is 4. The summed E-state index contributed by atoms with van der Waals surface area (Å²) in [6.45, 7) is 13.3. The predicted octanol–water partition coefficient (Wildman–Crippen LogP) is 7.18. The summed E-state index contributed by atoms with van der Waals surface area (Å²) >= 11 is 0. The monoisotopic (exact) mass is 562 g/mol. The summed E-state index contributed by atoms with van der Waals surface area (Å²) in [6.07, 6.45) is 18.4. The SMILES string of the molecule is C=C(C)C(=O)OCC(C)(COC(=O)C(=C)CC(CO)CO)C1CCC(C2CCC(CCCCCCC)CC2)CC1. The molecule has 0 aliphatic heterocycles. The molecule has 2 saturated carbocycles. The molecule has 2 aliphatic carbocycles. The molecule has 0 amide bonds. The third-order valence-electron chi connectivity index (χ3n) is 9.79. The van der Waals surface area contributed by atoms with Crippen molar-refractivity contribution in [1.29, 1.82) is 0 Å². The first-order valence-corrected chi connectivity index (χ1v) is 16.0. The molecule has 1 unspecified atom stereocenters. The average Bonchev–Trinajstić information content (AvgIpc) is 2.97. The van der Waals surface area contributed by atoms with Gasteiger partial charge in [-0.2, -0.15) is 0 Å². The molecule has 40 heavy (non-hydrogen) atoms. The van der Waals surface area contributed by atoms with Crippen LogP contribution in [0.25, 0.3) is 0 Å². The molecule has 2 fully saturated rings. The fraction of sp³-hybridized carbons (Fsp3) is 0.824. The van der Waals surface area contributed by atoms with E-state index >= 15 is 0 Å². The quantitative estimate of drug-likeness (QED) is 0.104. The lowest BCUT2D eigenvalue weighted by Gasteiger charge is -2.43. The normalized spacial score (nSPS) is 24.8. The molecule has 2 N–H and O–H groups in total. The van der Waals surface area contributed by atoms with E-state index in [2.05, 4.69) is 27.0 Å². The molecular formula is C34H58O6. The summed E-state index contributed by atoms with van der Waals surface area (Å²) in [4.78, 5) is 24.9. The van der Waals surface area contributed by atoms with Crippen molar-refractivity contribution in [1.82, 2.24) is 0 Å². The van der Waals surface area contributed by atoms with E-state index in [0.717, 1.165) is 30.6 Å². The van der Waals surface area contributed by atoms with Crippen LogP contribution < -0.4 is 0 Å². The lowest BCUT2D eigenvalue weighted by molar-refractivity contribution is -0.152. The van der Waals surface area contributed by atoms with Crippen LogP contribution in [0, 0.1) is 35.0 Å². The van der Waals surface area contributed by atoms with Gasteiger partial charge in [-0.25, -0.2) is 9.59 Å². The molecular weight excluding hydrogens is 504 g/mol. The molecule has 0 bridgehead atoms. The molecule has 0 radical (unpaired) electrons. The van der Waals surface area contributed by atoms with Crippen LogP contribution in [0.3, 0.4) is 0 Å². The molecule has 6 nitrogen and oxygen atoms in total. The molecule has 2 aliphatic rings. The Balaban J connectivity index is 1.89. The standard InChI is InChI=1S/C34H58O6/c1-6-7-8-9-10-11-27-12-14-29(15-13-27)30-16-18-31(19-17-30)34(5,23-39-32(37)25(2)3)24-40-33(38)26(4)20-28(21-35)22-36/h27-31,35-36H,2,4,6-24H2,1,3,5H3. The summed E-state index contributed by atoms with van der Waals surface area (Å²) in [6, 6.07) is 0. The largest absolute Gasteiger partial charge is 0.462 e. The summed E-state index contributed by atoms with van der Waals surface area (Å²) < 4.78 is 11.3. The Kier molecular flexibility index (Phi) is 15.5. The van der Waals surface area contributed by atoms with Crippen molar-refractivity contribution in [3.63, 3.8) is 0 Å². The Bertz CT molecular complexity index is 786. The third kappa shape index (κ3) is 11.3. The maximum Gasteiger partial charge on any atom is 0.333 e. The van der Waals surface area contributed by atoms with Crippen LogP contribution in [0.4, 0.5) is 0 Å². The van der Waals surface area contributed by atoms with Gasteiger partial charge in [0.1, 0.15) is 13.2 Å². The minimum absolute atomic E-state index is 0.135. The zero-order valence-corrected chi connectivity index (χ0v) is 25.8. The van der Waals surface area contributed by atoms with Gasteiger partial charge >= 0.3 is 11.9 Å². The van der Waals surface area contributed by atoms with Gasteiger partial charge in [-0.05, 0) is 75.5 Å². The molecule has 0 aromatic rings. The zero-order chi connectivity index (χ0) is 29.5. The van der Waals surface area contributed by atoms with Gasteiger partial charge in [-0.15, -0.1) is 0 Å². The topological polar surface area (TPSA) is 93.1 Å². The minimum Gasteiger partial charge on any atom is -0.462 e. The molecule has 6 heteroatoms. The van der Waals surface area contributed by atoms with E-state index in [1.165, 1.54) is 77.0 Å². The van der Waals surface area contributed by atoms with Crippen molar-refractivity contribution in [2.24, 2.45) is 35.0 Å². The van der Waals surface area contributed by atoms with Crippen LogP contribution >= 0.6 is 0 Å². The summed E-state index contributed by atoms with van der Waals surface area (Å²) in [7, 11) is 0. The van der Waals surface area contributed by atoms with Crippen LogP contribution in [0.1, 0.15) is 117 Å². The molecule has 0 saturated heterocycles. The van der Waals surface area contributed by atoms with Crippen LogP contribution in [-0.4, -0.2) is 48.6 Å². The Morgan fingerprint density at radius 2 is 1.35 bits per heavy atom. The Morgan fingerprint density at radius 3 is 1.88 bits per heavy atom. The van der Waals surface area contributed by atoms with Crippen molar-refractivity contribution in [2.75, 3.05) is 26.4 Å². The van der Waals surface area contributed by atoms with Gasteiger partial charge in [0.05, 0.1) is 0 Å². The van der Waals surface area contributed by atoms with E-state index in [-0.39, 0.29) is 44.3 Å². The average molecular weight is 563 g/mol. The molecule has 0 heterocycles. The smallest absolute Gasteiger partial charge is 0.333 e. The first-order chi connectivity index (χ1) is 19.1. The number of ether oxygens (including phenoxy) is 2. The van der Waals surface area contributed by atoms with Crippen molar-refractivity contribution >= 4 is 11.9 Å². The highest BCUT2D eigenvalue weighted by atomic mass is 16.5. The van der Waals surface area contributed by atoms with E-state index in [1.807, 2.05) is 0 Å². The number of esters is 2. The van der Waals surface area contributed by atoms with Crippen LogP contribution in [0.5, 0.6) is 0 Å². The lowest BCUT2D eigenvalue weighted by atomic mass is 9.64. The molecule has 0 spiro atoms. The van der Waals surface area contributed by atoms with Gasteiger partial charge in [0.25, 0.3) is 0 Å². The molecule has 0 aromatic heterocycles. The number of carbonyl (C=O) groups is 2. The fourth-order valence-corrected chi connectivity index (χ4v) is 6.85. The highest BCUT2D eigenvalue weighted by molar-refractivity contribution is 5.88. The summed E-state index contributed by atoms with van der Waals surface area (Å²) in [5.41, 5.74) is 0.0798. The Hall–Kier alpha value is -1.66. The van der Waals surface area contributed by atoms with Crippen LogP contribution in [0.2, 0.25) is 0 Å². The van der Waals surface area contributed by atoms with E-state index in [0.29, 0.717) is 5.57 Å². The Morgan fingerprint density at radius 1 is 0.825 bits per heavy atom. The van der Waals surface area contributed by atoms with E-state index in [4.69, 9.17) is 9.47 Å². The maximum absolute atomic E-state index is 12.7. The first kappa shape index (κ1) is 34.5. The summed E-state index contributed by atoms with van der Waals surface area (Å²) in [5, 5.41) is 18.7. The van der Waals surface area contributed by atoms with Crippen LogP contribution in [0.15, 0.2) is 24.3 Å². The van der Waals surface area contributed by atoms with Gasteiger partial charge in [-0.1, -0.05) is 78.4 Å². The number of aliphatic hydroxyl groups is 2. The maximum atomic E-state index is 12.7. The first-order valence-electron chi connectivity index (χ1n) is 16.0. The number of aliphatic hydroxyl groups excluding tert-OH is 2. The fourth-order valence-electron chi connectivity index (χ4n) is 6.85. The van der Waals surface area contributed by atoms with Gasteiger partial charge in [0, 0.05) is 35.7 Å². The van der Waals surface area contributed by atoms with Crippen molar-refractivity contribution in [2.45, 2.75) is 117 Å². The Labute approximate surface area is 244 Å². The molecule has 1 atom stereocenters. The number of hydrogen-bond acceptors (Lipinski definition) is 6. The second-order valence-corrected chi connectivity index (χ2v) is 13.2. The number of carbonyl (C=O) groups excluding carboxylic acids is 2. The predicted molar refractivity (Wildman–Crippen MR) is 161 cm³/mol. The van der Waals surface area contributed by atoms with Crippen LogP contribution in [-0.2, 0) is 19.1 Å². The van der Waals surface area contributed by atoms with Gasteiger partial charge < -0.3 is 19.7 Å². The van der Waals surface area contributed by atoms with Gasteiger partial charge in [-0.3, -0.25) is 0 Å². The highest BCUT2D eigenvalue weighted by Crippen LogP contribution is 2.46. The number of hydrogen-bond donors (Lipinski definition) is 2. The van der Waals surface area contributed by atoms with Gasteiger partial charge in [0.2, 0.25) is 0 Å². The molecule has 2 rings (SSSR count). The van der Waals surface area contributed by atoms with Crippen molar-refractivity contribution in [3.8, 4) is 0 Å². The zero-order valence-electron chi connectivity index (χ0n) is 25.8. The van der Waals surface area contributed by atoms with E-state index in [1.54, 1.807) is 6.92 Å². The second-order valence-electron chi connectivity index (χ2n) is 13.2. The third-order valence-corrected chi connectivity index (χ3v) is 9.79. The van der Waals surface area contributed by atoms with Gasteiger partial charge in [0.15, 0.2) is 0 Å². The van der Waals surface area contributed by atoms with E-state index < -0.39 is 23.3 Å². The number of rotatable bonds is 18.